The van der Waals surface area contributed by atoms with E-state index in [0.29, 0.717) is 6.54 Å². The molecule has 17 heavy (non-hydrogen) atoms. The number of nitrogens with one attached hydrogen (secondary N) is 1. The molecule has 0 atom stereocenters. The first kappa shape index (κ1) is 13.5. The van der Waals surface area contributed by atoms with Gasteiger partial charge in [0.15, 0.2) is 11.5 Å². The Morgan fingerprint density at radius 1 is 1.53 bits per heavy atom. The van der Waals surface area contributed by atoms with Crippen molar-refractivity contribution in [1.82, 2.24) is 5.32 Å². The summed E-state index contributed by atoms with van der Waals surface area (Å²) in [5.74, 6) is -1.03. The van der Waals surface area contributed by atoms with Gasteiger partial charge in [0.1, 0.15) is 5.75 Å². The van der Waals surface area contributed by atoms with Crippen LogP contribution in [0.5, 0.6) is 5.75 Å². The summed E-state index contributed by atoms with van der Waals surface area (Å²) < 4.78 is 5.15. The van der Waals surface area contributed by atoms with E-state index in [9.17, 15) is 9.59 Å². The van der Waals surface area contributed by atoms with Gasteiger partial charge < -0.3 is 15.2 Å². The molecule has 5 nitrogen and oxygen atoms in total. The molecule has 0 spiro atoms. The fraction of sp³-hybridized carbons (Fsp3) is 0.455. The zero-order valence-electron chi connectivity index (χ0n) is 9.56. The predicted octanol–water partition coefficient (Wildman–Crippen LogP) is 1.74. The summed E-state index contributed by atoms with van der Waals surface area (Å²) >= 11 is 1.07. The van der Waals surface area contributed by atoms with Gasteiger partial charge in [-0.1, -0.05) is 13.3 Å². The number of hydrogen-bond donors (Lipinski definition) is 2. The minimum Gasteiger partial charge on any atom is -0.482 e. The Bertz CT molecular complexity index is 389. The van der Waals surface area contributed by atoms with Gasteiger partial charge in [-0.05, 0) is 17.9 Å². The second-order valence-electron chi connectivity index (χ2n) is 3.41. The molecule has 0 aliphatic rings. The standard InChI is InChI=1S/C11H15NO4S/c1-2-3-5-12-9(13)7-16-8-4-6-17-10(8)11(14)15/h4,6H,2-3,5,7H2,1H3,(H,12,13)(H,14,15). The van der Waals surface area contributed by atoms with Crippen molar-refractivity contribution in [3.05, 3.63) is 16.3 Å². The molecule has 0 saturated heterocycles. The number of unbranched alkanes of at least 4 members (excludes halogenated alkanes) is 1. The number of aromatic carboxylic acids is 1. The molecular formula is C11H15NO4S. The smallest absolute Gasteiger partial charge is 0.349 e. The molecule has 94 valence electrons. The van der Waals surface area contributed by atoms with Crippen LogP contribution in [-0.2, 0) is 4.79 Å². The minimum absolute atomic E-state index is 0.117. The average molecular weight is 257 g/mol. The van der Waals surface area contributed by atoms with Gasteiger partial charge in [0.05, 0.1) is 0 Å². The second-order valence-corrected chi connectivity index (χ2v) is 4.33. The second kappa shape index (κ2) is 6.90. The number of carbonyl (C=O) groups is 2. The number of amides is 1. The van der Waals surface area contributed by atoms with E-state index in [1.165, 1.54) is 0 Å². The number of carbonyl (C=O) groups excluding carboxylic acids is 1. The first-order chi connectivity index (χ1) is 8.15. The number of thiophene rings is 1. The SMILES string of the molecule is CCCCNC(=O)COc1ccsc1C(=O)O. The molecule has 0 aliphatic heterocycles. The number of carboxylic acids is 1. The maximum atomic E-state index is 11.3. The van der Waals surface area contributed by atoms with Gasteiger partial charge in [0.25, 0.3) is 5.91 Å². The highest BCUT2D eigenvalue weighted by atomic mass is 32.1. The number of hydrogen-bond acceptors (Lipinski definition) is 4. The molecule has 6 heteroatoms. The number of ether oxygens (including phenoxy) is 1. The Morgan fingerprint density at radius 2 is 2.29 bits per heavy atom. The zero-order valence-corrected chi connectivity index (χ0v) is 10.4. The molecule has 0 bridgehead atoms. The van der Waals surface area contributed by atoms with E-state index in [4.69, 9.17) is 9.84 Å². The monoisotopic (exact) mass is 257 g/mol. The van der Waals surface area contributed by atoms with E-state index < -0.39 is 5.97 Å². The third-order valence-electron chi connectivity index (χ3n) is 2.03. The molecule has 1 aromatic rings. The third-order valence-corrected chi connectivity index (χ3v) is 2.92. The van der Waals surface area contributed by atoms with Gasteiger partial charge in [0.2, 0.25) is 0 Å². The van der Waals surface area contributed by atoms with Crippen LogP contribution in [0.4, 0.5) is 0 Å². The summed E-state index contributed by atoms with van der Waals surface area (Å²) in [5.41, 5.74) is 0. The van der Waals surface area contributed by atoms with Gasteiger partial charge >= 0.3 is 5.97 Å². The fourth-order valence-electron chi connectivity index (χ4n) is 1.17. The van der Waals surface area contributed by atoms with E-state index in [-0.39, 0.29) is 23.1 Å². The summed E-state index contributed by atoms with van der Waals surface area (Å²) in [4.78, 5) is 22.2. The number of carboxylic acid groups (broad SMARTS) is 1. The van der Waals surface area contributed by atoms with Crippen molar-refractivity contribution in [2.75, 3.05) is 13.2 Å². The lowest BCUT2D eigenvalue weighted by molar-refractivity contribution is -0.123. The molecule has 0 aliphatic carbocycles. The van der Waals surface area contributed by atoms with Crippen molar-refractivity contribution in [3.63, 3.8) is 0 Å². The Kier molecular flexibility index (Phi) is 5.48. The number of rotatable bonds is 7. The zero-order chi connectivity index (χ0) is 12.7. The van der Waals surface area contributed by atoms with Crippen LogP contribution in [0.1, 0.15) is 29.4 Å². The van der Waals surface area contributed by atoms with Crippen molar-refractivity contribution in [2.24, 2.45) is 0 Å². The Balaban J connectivity index is 2.37. The van der Waals surface area contributed by atoms with E-state index in [0.717, 1.165) is 24.2 Å². The summed E-state index contributed by atoms with van der Waals surface area (Å²) in [6.45, 7) is 2.50. The fourth-order valence-corrected chi connectivity index (χ4v) is 1.84. The van der Waals surface area contributed by atoms with Gasteiger partial charge in [-0.3, -0.25) is 4.79 Å². The Morgan fingerprint density at radius 3 is 2.94 bits per heavy atom. The van der Waals surface area contributed by atoms with Crippen LogP contribution in [-0.4, -0.2) is 30.1 Å². The van der Waals surface area contributed by atoms with Gasteiger partial charge in [0, 0.05) is 6.54 Å². The van der Waals surface area contributed by atoms with Crippen molar-refractivity contribution in [3.8, 4) is 5.75 Å². The van der Waals surface area contributed by atoms with Crippen LogP contribution in [0.2, 0.25) is 0 Å². The summed E-state index contributed by atoms with van der Waals surface area (Å²) in [6.07, 6.45) is 1.93. The van der Waals surface area contributed by atoms with Crippen molar-refractivity contribution >= 4 is 23.2 Å². The molecule has 0 saturated carbocycles. The van der Waals surface area contributed by atoms with Gasteiger partial charge in [-0.25, -0.2) is 4.79 Å². The molecule has 0 radical (unpaired) electrons. The lowest BCUT2D eigenvalue weighted by Crippen LogP contribution is -2.29. The molecule has 1 heterocycles. The predicted molar refractivity (Wildman–Crippen MR) is 64.7 cm³/mol. The molecular weight excluding hydrogens is 242 g/mol. The van der Waals surface area contributed by atoms with Gasteiger partial charge in [-0.15, -0.1) is 11.3 Å². The largest absolute Gasteiger partial charge is 0.482 e. The lowest BCUT2D eigenvalue weighted by Gasteiger charge is -2.06. The highest BCUT2D eigenvalue weighted by molar-refractivity contribution is 7.12. The van der Waals surface area contributed by atoms with E-state index in [1.54, 1.807) is 11.4 Å². The van der Waals surface area contributed by atoms with Crippen molar-refractivity contribution in [1.29, 1.82) is 0 Å². The molecule has 1 amide bonds. The maximum absolute atomic E-state index is 11.3. The Labute approximate surface area is 103 Å². The first-order valence-electron chi connectivity index (χ1n) is 5.35. The topological polar surface area (TPSA) is 75.6 Å². The van der Waals surface area contributed by atoms with Crippen LogP contribution in [0.25, 0.3) is 0 Å². The van der Waals surface area contributed by atoms with Gasteiger partial charge in [-0.2, -0.15) is 0 Å². The lowest BCUT2D eigenvalue weighted by atomic mass is 10.3. The quantitative estimate of drug-likeness (QED) is 0.729. The van der Waals surface area contributed by atoms with Crippen LogP contribution in [0.15, 0.2) is 11.4 Å². The van der Waals surface area contributed by atoms with Crippen LogP contribution >= 0.6 is 11.3 Å². The molecule has 2 N–H and O–H groups in total. The van der Waals surface area contributed by atoms with Crippen LogP contribution in [0.3, 0.4) is 0 Å². The van der Waals surface area contributed by atoms with Crippen molar-refractivity contribution < 1.29 is 19.4 Å². The normalized spacial score (nSPS) is 9.94. The summed E-state index contributed by atoms with van der Waals surface area (Å²) in [5, 5.41) is 13.1. The molecule has 1 rings (SSSR count). The van der Waals surface area contributed by atoms with E-state index in [2.05, 4.69) is 5.32 Å². The average Bonchev–Trinajstić information content (AvgIpc) is 2.75. The third kappa shape index (κ3) is 4.44. The first-order valence-corrected chi connectivity index (χ1v) is 6.23. The highest BCUT2D eigenvalue weighted by Crippen LogP contribution is 2.24. The highest BCUT2D eigenvalue weighted by Gasteiger charge is 2.13. The van der Waals surface area contributed by atoms with E-state index in [1.807, 2.05) is 6.92 Å². The molecule has 1 aromatic heterocycles. The molecule has 0 aromatic carbocycles. The van der Waals surface area contributed by atoms with Crippen LogP contribution < -0.4 is 10.1 Å². The summed E-state index contributed by atoms with van der Waals surface area (Å²) in [6, 6.07) is 1.55. The molecule has 0 fully saturated rings. The van der Waals surface area contributed by atoms with Crippen LogP contribution in [0, 0.1) is 0 Å². The van der Waals surface area contributed by atoms with Crippen molar-refractivity contribution in [2.45, 2.75) is 19.8 Å². The Hall–Kier alpha value is -1.56. The van der Waals surface area contributed by atoms with E-state index >= 15 is 0 Å². The summed E-state index contributed by atoms with van der Waals surface area (Å²) in [7, 11) is 0. The minimum atomic E-state index is -1.04. The maximum Gasteiger partial charge on any atom is 0.349 e. The molecule has 0 unspecified atom stereocenters.